The van der Waals surface area contributed by atoms with Crippen LogP contribution in [0.4, 0.5) is 0 Å². The molecule has 7 heteroatoms. The van der Waals surface area contributed by atoms with Crippen LogP contribution < -0.4 is 0 Å². The molecule has 0 atom stereocenters. The van der Waals surface area contributed by atoms with E-state index in [0.717, 1.165) is 5.69 Å². The highest BCUT2D eigenvalue weighted by Crippen LogP contribution is 2.11. The summed E-state index contributed by atoms with van der Waals surface area (Å²) in [5.74, 6) is -1.32. The summed E-state index contributed by atoms with van der Waals surface area (Å²) < 4.78 is 0. The zero-order valence-corrected chi connectivity index (χ0v) is 11.8. The van der Waals surface area contributed by atoms with Crippen molar-refractivity contribution in [3.05, 3.63) is 45.7 Å². The zero-order valence-electron chi connectivity index (χ0n) is 11.0. The average molecular weight is 291 g/mol. The van der Waals surface area contributed by atoms with Crippen molar-refractivity contribution in [3.8, 4) is 0 Å². The number of carbonyl (C=O) groups excluding carboxylic acids is 1. The third-order valence-electron chi connectivity index (χ3n) is 2.76. The second-order valence-electron chi connectivity index (χ2n) is 4.28. The van der Waals surface area contributed by atoms with Gasteiger partial charge in [-0.1, -0.05) is 0 Å². The number of thiazole rings is 1. The van der Waals surface area contributed by atoms with E-state index < -0.39 is 5.97 Å². The molecule has 20 heavy (non-hydrogen) atoms. The molecular weight excluding hydrogens is 278 g/mol. The van der Waals surface area contributed by atoms with E-state index in [1.807, 2.05) is 5.38 Å². The fourth-order valence-corrected chi connectivity index (χ4v) is 2.28. The maximum absolute atomic E-state index is 12.2. The van der Waals surface area contributed by atoms with Crippen LogP contribution >= 0.6 is 11.3 Å². The average Bonchev–Trinajstić information content (AvgIpc) is 2.90. The van der Waals surface area contributed by atoms with Crippen molar-refractivity contribution in [2.75, 3.05) is 7.05 Å². The Labute approximate surface area is 119 Å². The smallest absolute Gasteiger partial charge is 0.337 e. The van der Waals surface area contributed by atoms with Crippen molar-refractivity contribution >= 4 is 23.2 Å². The zero-order chi connectivity index (χ0) is 14.7. The van der Waals surface area contributed by atoms with Gasteiger partial charge in [0.2, 0.25) is 0 Å². The quantitative estimate of drug-likeness (QED) is 0.929. The van der Waals surface area contributed by atoms with Crippen LogP contribution in [-0.2, 0) is 6.54 Å². The summed E-state index contributed by atoms with van der Waals surface area (Å²) in [6, 6.07) is 2.82. The van der Waals surface area contributed by atoms with Gasteiger partial charge in [-0.3, -0.25) is 4.79 Å². The Morgan fingerprint density at radius 3 is 2.70 bits per heavy atom. The lowest BCUT2D eigenvalue weighted by atomic mass is 10.2. The SMILES string of the molecule is Cc1nc(C(=O)N(C)Cc2cscn2)ccc1C(=O)O. The predicted octanol–water partition coefficient (Wildman–Crippen LogP) is 1.82. The van der Waals surface area contributed by atoms with Gasteiger partial charge in [-0.15, -0.1) is 11.3 Å². The van der Waals surface area contributed by atoms with Crippen LogP contribution in [-0.4, -0.2) is 38.9 Å². The van der Waals surface area contributed by atoms with Crippen molar-refractivity contribution in [3.63, 3.8) is 0 Å². The van der Waals surface area contributed by atoms with Gasteiger partial charge in [0.05, 0.1) is 29.0 Å². The molecule has 0 fully saturated rings. The molecule has 0 spiro atoms. The highest BCUT2D eigenvalue weighted by molar-refractivity contribution is 7.07. The van der Waals surface area contributed by atoms with E-state index in [4.69, 9.17) is 5.11 Å². The van der Waals surface area contributed by atoms with Crippen molar-refractivity contribution in [1.82, 2.24) is 14.9 Å². The molecule has 104 valence electrons. The summed E-state index contributed by atoms with van der Waals surface area (Å²) in [4.78, 5) is 32.8. The van der Waals surface area contributed by atoms with Gasteiger partial charge in [0.25, 0.3) is 5.91 Å². The molecule has 6 nitrogen and oxygen atoms in total. The first-order valence-electron chi connectivity index (χ1n) is 5.82. The Morgan fingerprint density at radius 2 is 2.15 bits per heavy atom. The van der Waals surface area contributed by atoms with Crippen molar-refractivity contribution < 1.29 is 14.7 Å². The summed E-state index contributed by atoms with van der Waals surface area (Å²) in [7, 11) is 1.66. The number of hydrogen-bond donors (Lipinski definition) is 1. The molecule has 0 radical (unpaired) electrons. The normalized spacial score (nSPS) is 10.3. The Bertz CT molecular complexity index is 640. The molecule has 0 aliphatic rings. The Kier molecular flexibility index (Phi) is 4.09. The lowest BCUT2D eigenvalue weighted by Gasteiger charge is -2.15. The molecule has 2 heterocycles. The van der Waals surface area contributed by atoms with Crippen LogP contribution in [0.2, 0.25) is 0 Å². The Balaban J connectivity index is 2.16. The lowest BCUT2D eigenvalue weighted by molar-refractivity contribution is 0.0693. The molecule has 1 N–H and O–H groups in total. The van der Waals surface area contributed by atoms with Gasteiger partial charge in [0.15, 0.2) is 0 Å². The molecule has 0 unspecified atom stereocenters. The van der Waals surface area contributed by atoms with Crippen LogP contribution in [0, 0.1) is 6.92 Å². The molecule has 2 aromatic rings. The third-order valence-corrected chi connectivity index (χ3v) is 3.40. The Morgan fingerprint density at radius 1 is 1.40 bits per heavy atom. The third kappa shape index (κ3) is 3.00. The number of carboxylic acids is 1. The van der Waals surface area contributed by atoms with Gasteiger partial charge in [0, 0.05) is 12.4 Å². The lowest BCUT2D eigenvalue weighted by Crippen LogP contribution is -2.27. The first-order valence-corrected chi connectivity index (χ1v) is 6.77. The number of pyridine rings is 1. The number of hydrogen-bond acceptors (Lipinski definition) is 5. The molecule has 0 bridgehead atoms. The second-order valence-corrected chi connectivity index (χ2v) is 4.99. The minimum absolute atomic E-state index is 0.101. The Hall–Kier alpha value is -2.28. The predicted molar refractivity (Wildman–Crippen MR) is 73.8 cm³/mol. The van der Waals surface area contributed by atoms with E-state index in [-0.39, 0.29) is 17.2 Å². The second kappa shape index (κ2) is 5.79. The molecule has 0 saturated heterocycles. The van der Waals surface area contributed by atoms with Gasteiger partial charge in [-0.05, 0) is 19.1 Å². The number of aryl methyl sites for hydroxylation is 1. The summed E-state index contributed by atoms with van der Waals surface area (Å²) in [6.07, 6.45) is 0. The van der Waals surface area contributed by atoms with Gasteiger partial charge in [-0.25, -0.2) is 14.8 Å². The minimum Gasteiger partial charge on any atom is -0.478 e. The summed E-state index contributed by atoms with van der Waals surface area (Å²) in [5.41, 5.74) is 3.17. The first-order chi connectivity index (χ1) is 9.49. The minimum atomic E-state index is -1.05. The number of amides is 1. The van der Waals surface area contributed by atoms with Gasteiger partial charge < -0.3 is 10.0 Å². The van der Waals surface area contributed by atoms with Crippen LogP contribution in [0.3, 0.4) is 0 Å². The maximum atomic E-state index is 12.2. The van der Waals surface area contributed by atoms with Crippen LogP contribution in [0.25, 0.3) is 0 Å². The molecule has 0 aromatic carbocycles. The van der Waals surface area contributed by atoms with E-state index >= 15 is 0 Å². The number of aromatic nitrogens is 2. The van der Waals surface area contributed by atoms with E-state index in [2.05, 4.69) is 9.97 Å². The van der Waals surface area contributed by atoms with Crippen molar-refractivity contribution in [1.29, 1.82) is 0 Å². The van der Waals surface area contributed by atoms with Gasteiger partial charge >= 0.3 is 5.97 Å². The highest BCUT2D eigenvalue weighted by Gasteiger charge is 2.17. The van der Waals surface area contributed by atoms with Crippen molar-refractivity contribution in [2.45, 2.75) is 13.5 Å². The standard InChI is InChI=1S/C13H13N3O3S/c1-8-10(13(18)19)3-4-11(15-8)12(17)16(2)5-9-6-20-7-14-9/h3-4,6-7H,5H2,1-2H3,(H,18,19). The van der Waals surface area contributed by atoms with Crippen LogP contribution in [0.5, 0.6) is 0 Å². The first kappa shape index (κ1) is 14.1. The number of aromatic carboxylic acids is 1. The number of rotatable bonds is 4. The highest BCUT2D eigenvalue weighted by atomic mass is 32.1. The molecular formula is C13H13N3O3S. The fourth-order valence-electron chi connectivity index (χ4n) is 1.73. The molecule has 0 saturated carbocycles. The molecule has 0 aliphatic heterocycles. The largest absolute Gasteiger partial charge is 0.478 e. The van der Waals surface area contributed by atoms with Crippen LogP contribution in [0.1, 0.15) is 32.2 Å². The molecule has 2 aromatic heterocycles. The monoisotopic (exact) mass is 291 g/mol. The fraction of sp³-hybridized carbons (Fsp3) is 0.231. The van der Waals surface area contributed by atoms with E-state index in [1.54, 1.807) is 19.5 Å². The number of nitrogens with zero attached hydrogens (tertiary/aromatic N) is 3. The number of carbonyl (C=O) groups is 2. The van der Waals surface area contributed by atoms with E-state index in [1.165, 1.54) is 28.4 Å². The summed E-state index contributed by atoms with van der Waals surface area (Å²) >= 11 is 1.47. The van der Waals surface area contributed by atoms with Crippen molar-refractivity contribution in [2.24, 2.45) is 0 Å². The molecule has 1 amide bonds. The summed E-state index contributed by atoms with van der Waals surface area (Å²) in [5, 5.41) is 10.8. The van der Waals surface area contributed by atoms with Gasteiger partial charge in [-0.2, -0.15) is 0 Å². The topological polar surface area (TPSA) is 83.4 Å². The summed E-state index contributed by atoms with van der Waals surface area (Å²) in [6.45, 7) is 1.96. The molecule has 2 rings (SSSR count). The van der Waals surface area contributed by atoms with Gasteiger partial charge in [0.1, 0.15) is 5.69 Å². The maximum Gasteiger partial charge on any atom is 0.337 e. The van der Waals surface area contributed by atoms with E-state index in [0.29, 0.717) is 12.2 Å². The molecule has 0 aliphatic carbocycles. The van der Waals surface area contributed by atoms with Crippen LogP contribution in [0.15, 0.2) is 23.0 Å². The number of carboxylic acid groups (broad SMARTS) is 1. The van der Waals surface area contributed by atoms with E-state index in [9.17, 15) is 9.59 Å².